The molecule has 2 aliphatic rings. The van der Waals surface area contributed by atoms with Crippen LogP contribution in [0.5, 0.6) is 0 Å². The quantitative estimate of drug-likeness (QED) is 0.901. The molecule has 0 radical (unpaired) electrons. The lowest BCUT2D eigenvalue weighted by atomic mass is 9.99. The van der Waals surface area contributed by atoms with Crippen molar-refractivity contribution < 1.29 is 0 Å². The third-order valence-electron chi connectivity index (χ3n) is 4.71. The Morgan fingerprint density at radius 1 is 1.39 bits per heavy atom. The van der Waals surface area contributed by atoms with Crippen molar-refractivity contribution in [2.24, 2.45) is 5.92 Å². The van der Waals surface area contributed by atoms with E-state index in [1.54, 1.807) is 0 Å². The number of nitrogens with zero attached hydrogens (tertiary/aromatic N) is 2. The van der Waals surface area contributed by atoms with E-state index in [4.69, 9.17) is 5.10 Å². The van der Waals surface area contributed by atoms with Crippen LogP contribution in [0.15, 0.2) is 4.47 Å². The van der Waals surface area contributed by atoms with Crippen molar-refractivity contribution >= 4 is 21.7 Å². The molecule has 1 N–H and O–H groups in total. The molecule has 0 spiro atoms. The zero-order chi connectivity index (χ0) is 12.7. The van der Waals surface area contributed by atoms with Crippen molar-refractivity contribution in [3.8, 4) is 0 Å². The molecule has 18 heavy (non-hydrogen) atoms. The predicted molar refractivity (Wildman–Crippen MR) is 78.1 cm³/mol. The van der Waals surface area contributed by atoms with Crippen LogP contribution in [-0.4, -0.2) is 16.3 Å². The zero-order valence-corrected chi connectivity index (χ0v) is 12.8. The van der Waals surface area contributed by atoms with Gasteiger partial charge in [0.05, 0.1) is 16.2 Å². The lowest BCUT2D eigenvalue weighted by molar-refractivity contribution is 0.344. The minimum absolute atomic E-state index is 0.583. The normalized spacial score (nSPS) is 26.0. The third-order valence-corrected chi connectivity index (χ3v) is 5.50. The van der Waals surface area contributed by atoms with Crippen molar-refractivity contribution in [1.82, 2.24) is 9.78 Å². The highest BCUT2D eigenvalue weighted by Gasteiger charge is 2.36. The number of anilines is 1. The summed E-state index contributed by atoms with van der Waals surface area (Å²) in [6, 6.07) is 0.640. The average Bonchev–Trinajstić information content (AvgIpc) is 2.97. The second kappa shape index (κ2) is 4.87. The van der Waals surface area contributed by atoms with Crippen LogP contribution in [0.1, 0.15) is 63.6 Å². The van der Waals surface area contributed by atoms with Crippen molar-refractivity contribution in [3.63, 3.8) is 0 Å². The van der Waals surface area contributed by atoms with Gasteiger partial charge in [0.15, 0.2) is 0 Å². The number of aromatic nitrogens is 2. The Labute approximate surface area is 117 Å². The molecule has 2 unspecified atom stereocenters. The summed E-state index contributed by atoms with van der Waals surface area (Å²) in [6.07, 6.45) is 6.35. The molecule has 3 nitrogen and oxygen atoms in total. The Morgan fingerprint density at radius 3 is 2.89 bits per heavy atom. The molecule has 1 aliphatic carbocycles. The summed E-state index contributed by atoms with van der Waals surface area (Å²) in [4.78, 5) is 0. The smallest absolute Gasteiger partial charge is 0.139 e. The van der Waals surface area contributed by atoms with E-state index in [2.05, 4.69) is 39.8 Å². The first-order valence-corrected chi connectivity index (χ1v) is 8.07. The number of hydrogen-bond donors (Lipinski definition) is 1. The number of nitrogens with one attached hydrogen (secondary N) is 1. The molecule has 2 atom stereocenters. The minimum Gasteiger partial charge on any atom is -0.369 e. The van der Waals surface area contributed by atoms with E-state index in [9.17, 15) is 0 Å². The Kier molecular flexibility index (Phi) is 3.39. The maximum atomic E-state index is 4.94. The van der Waals surface area contributed by atoms with E-state index in [1.165, 1.54) is 48.1 Å². The molecule has 1 fully saturated rings. The number of hydrogen-bond acceptors (Lipinski definition) is 2. The molecule has 1 aromatic heterocycles. The van der Waals surface area contributed by atoms with Gasteiger partial charge in [-0.15, -0.1) is 0 Å². The van der Waals surface area contributed by atoms with Crippen LogP contribution in [0.2, 0.25) is 0 Å². The van der Waals surface area contributed by atoms with Crippen LogP contribution >= 0.6 is 15.9 Å². The third kappa shape index (κ3) is 1.80. The van der Waals surface area contributed by atoms with Gasteiger partial charge in [-0.05, 0) is 47.5 Å². The summed E-state index contributed by atoms with van der Waals surface area (Å²) < 4.78 is 3.49. The van der Waals surface area contributed by atoms with E-state index < -0.39 is 0 Å². The van der Waals surface area contributed by atoms with Crippen LogP contribution in [-0.2, 0) is 0 Å². The molecule has 3 rings (SSSR count). The molecule has 0 amide bonds. The minimum atomic E-state index is 0.583. The van der Waals surface area contributed by atoms with E-state index in [-0.39, 0.29) is 0 Å². The number of halogens is 1. The van der Waals surface area contributed by atoms with Gasteiger partial charge < -0.3 is 5.32 Å². The van der Waals surface area contributed by atoms with Gasteiger partial charge in [-0.1, -0.05) is 20.3 Å². The maximum absolute atomic E-state index is 4.94. The van der Waals surface area contributed by atoms with Gasteiger partial charge in [0.25, 0.3) is 0 Å². The van der Waals surface area contributed by atoms with Crippen LogP contribution < -0.4 is 5.32 Å². The predicted octanol–water partition coefficient (Wildman–Crippen LogP) is 4.32. The van der Waals surface area contributed by atoms with Crippen molar-refractivity contribution in [2.75, 3.05) is 11.9 Å². The fraction of sp³-hybridized carbons (Fsp3) is 0.786. The SMILES string of the molecule is CCC(CC)c1nn2c(c1Br)NCC1CCCC12. The molecule has 1 saturated carbocycles. The summed E-state index contributed by atoms with van der Waals surface area (Å²) in [5.41, 5.74) is 1.26. The molecule has 2 heterocycles. The molecular formula is C14H22BrN3. The van der Waals surface area contributed by atoms with Crippen molar-refractivity contribution in [1.29, 1.82) is 0 Å². The van der Waals surface area contributed by atoms with E-state index >= 15 is 0 Å². The highest BCUT2D eigenvalue weighted by atomic mass is 79.9. The molecule has 0 aromatic carbocycles. The van der Waals surface area contributed by atoms with Crippen LogP contribution in [0.4, 0.5) is 5.82 Å². The lowest BCUT2D eigenvalue weighted by Crippen LogP contribution is -2.29. The second-order valence-electron chi connectivity index (χ2n) is 5.65. The highest BCUT2D eigenvalue weighted by molar-refractivity contribution is 9.10. The van der Waals surface area contributed by atoms with E-state index in [0.717, 1.165) is 12.5 Å². The van der Waals surface area contributed by atoms with Gasteiger partial charge in [0.2, 0.25) is 0 Å². The van der Waals surface area contributed by atoms with Crippen molar-refractivity contribution in [3.05, 3.63) is 10.2 Å². The fourth-order valence-corrected chi connectivity index (χ4v) is 4.30. The Bertz CT molecular complexity index is 436. The number of fused-ring (bicyclic) bond motifs is 3. The Balaban J connectivity index is 2.00. The molecule has 100 valence electrons. The van der Waals surface area contributed by atoms with Gasteiger partial charge in [0, 0.05) is 12.5 Å². The van der Waals surface area contributed by atoms with Gasteiger partial charge >= 0.3 is 0 Å². The van der Waals surface area contributed by atoms with Crippen LogP contribution in [0, 0.1) is 5.92 Å². The zero-order valence-electron chi connectivity index (χ0n) is 11.2. The molecular weight excluding hydrogens is 290 g/mol. The summed E-state index contributed by atoms with van der Waals surface area (Å²) in [6.45, 7) is 5.63. The first kappa shape index (κ1) is 12.5. The Hall–Kier alpha value is -0.510. The largest absolute Gasteiger partial charge is 0.369 e. The van der Waals surface area contributed by atoms with Crippen molar-refractivity contribution in [2.45, 2.75) is 57.9 Å². The van der Waals surface area contributed by atoms with Gasteiger partial charge in [0.1, 0.15) is 5.82 Å². The molecule has 0 bridgehead atoms. The fourth-order valence-electron chi connectivity index (χ4n) is 3.57. The first-order chi connectivity index (χ1) is 8.76. The summed E-state index contributed by atoms with van der Waals surface area (Å²) in [7, 11) is 0. The van der Waals surface area contributed by atoms with Crippen LogP contribution in [0.3, 0.4) is 0 Å². The topological polar surface area (TPSA) is 29.9 Å². The average molecular weight is 312 g/mol. The summed E-state index contributed by atoms with van der Waals surface area (Å²) >= 11 is 3.77. The second-order valence-corrected chi connectivity index (χ2v) is 6.44. The molecule has 4 heteroatoms. The molecule has 1 aliphatic heterocycles. The first-order valence-electron chi connectivity index (χ1n) is 7.28. The summed E-state index contributed by atoms with van der Waals surface area (Å²) in [5.74, 6) is 2.60. The van der Waals surface area contributed by atoms with Gasteiger partial charge in [-0.25, -0.2) is 4.68 Å². The van der Waals surface area contributed by atoms with Gasteiger partial charge in [-0.2, -0.15) is 5.10 Å². The molecule has 1 aromatic rings. The highest BCUT2D eigenvalue weighted by Crippen LogP contribution is 2.44. The number of rotatable bonds is 3. The van der Waals surface area contributed by atoms with Gasteiger partial charge in [-0.3, -0.25) is 0 Å². The molecule has 0 saturated heterocycles. The lowest BCUT2D eigenvalue weighted by Gasteiger charge is -2.28. The van der Waals surface area contributed by atoms with Crippen LogP contribution in [0.25, 0.3) is 0 Å². The van der Waals surface area contributed by atoms with E-state index in [1.807, 2.05) is 0 Å². The maximum Gasteiger partial charge on any atom is 0.139 e. The standard InChI is InChI=1S/C14H22BrN3/c1-3-9(4-2)13-12(15)14-16-8-10-6-5-7-11(10)18(14)17-13/h9-11,16H,3-8H2,1-2H3. The Morgan fingerprint density at radius 2 is 2.17 bits per heavy atom. The monoisotopic (exact) mass is 311 g/mol. The van der Waals surface area contributed by atoms with E-state index in [0.29, 0.717) is 12.0 Å². The summed E-state index contributed by atoms with van der Waals surface area (Å²) in [5, 5.41) is 8.52.